The molecule has 122 valence electrons. The molecule has 0 spiro atoms. The molecule has 1 saturated heterocycles. The lowest BCUT2D eigenvalue weighted by Crippen LogP contribution is -2.44. The predicted octanol–water partition coefficient (Wildman–Crippen LogP) is 2.20. The second-order valence-electron chi connectivity index (χ2n) is 5.68. The molecule has 0 aliphatic carbocycles. The van der Waals surface area contributed by atoms with Crippen molar-refractivity contribution in [3.8, 4) is 0 Å². The van der Waals surface area contributed by atoms with Crippen LogP contribution in [0.3, 0.4) is 0 Å². The zero-order valence-corrected chi connectivity index (χ0v) is 14.0. The van der Waals surface area contributed by atoms with Crippen LogP contribution in [-0.4, -0.2) is 62.3 Å². The Kier molecular flexibility index (Phi) is 6.49. The van der Waals surface area contributed by atoms with E-state index in [1.165, 1.54) is 0 Å². The molecular weight excluding hydrogens is 302 g/mol. The quantitative estimate of drug-likeness (QED) is 0.872. The van der Waals surface area contributed by atoms with Crippen molar-refractivity contribution >= 4 is 17.6 Å². The first kappa shape index (κ1) is 17.1. The fraction of sp³-hybridized carbons (Fsp3) is 0.562. The number of urea groups is 1. The zero-order valence-electron chi connectivity index (χ0n) is 13.2. The van der Waals surface area contributed by atoms with Gasteiger partial charge in [0.1, 0.15) is 0 Å². The number of benzene rings is 1. The van der Waals surface area contributed by atoms with Gasteiger partial charge in [0.05, 0.1) is 6.61 Å². The van der Waals surface area contributed by atoms with Gasteiger partial charge in [0, 0.05) is 51.4 Å². The highest BCUT2D eigenvalue weighted by molar-refractivity contribution is 6.31. The van der Waals surface area contributed by atoms with Crippen molar-refractivity contribution in [2.24, 2.45) is 0 Å². The number of nitrogens with one attached hydrogen (secondary N) is 1. The molecule has 0 unspecified atom stereocenters. The second-order valence-corrected chi connectivity index (χ2v) is 6.08. The summed E-state index contributed by atoms with van der Waals surface area (Å²) in [6.45, 7) is 4.04. The molecular formula is C16H24ClN3O2. The van der Waals surface area contributed by atoms with Gasteiger partial charge in [0.25, 0.3) is 0 Å². The summed E-state index contributed by atoms with van der Waals surface area (Å²) in [5.41, 5.74) is 0.954. The summed E-state index contributed by atoms with van der Waals surface area (Å²) in [5, 5.41) is 3.77. The van der Waals surface area contributed by atoms with E-state index in [-0.39, 0.29) is 12.1 Å². The highest BCUT2D eigenvalue weighted by atomic mass is 35.5. The summed E-state index contributed by atoms with van der Waals surface area (Å²) in [7, 11) is 3.50. The Morgan fingerprint density at radius 2 is 2.27 bits per heavy atom. The van der Waals surface area contributed by atoms with Crippen LogP contribution in [0.5, 0.6) is 0 Å². The third kappa shape index (κ3) is 4.87. The van der Waals surface area contributed by atoms with Gasteiger partial charge in [-0.05, 0) is 18.1 Å². The van der Waals surface area contributed by atoms with E-state index in [1.807, 2.05) is 24.3 Å². The van der Waals surface area contributed by atoms with Gasteiger partial charge in [-0.25, -0.2) is 4.79 Å². The summed E-state index contributed by atoms with van der Waals surface area (Å²) < 4.78 is 5.09. The van der Waals surface area contributed by atoms with Gasteiger partial charge < -0.3 is 15.0 Å². The average molecular weight is 326 g/mol. The lowest BCUT2D eigenvalue weighted by atomic mass is 10.2. The van der Waals surface area contributed by atoms with E-state index in [0.717, 1.165) is 38.2 Å². The molecule has 22 heavy (non-hydrogen) atoms. The average Bonchev–Trinajstić information content (AvgIpc) is 2.94. The van der Waals surface area contributed by atoms with Gasteiger partial charge in [-0.15, -0.1) is 0 Å². The molecule has 2 amide bonds. The molecule has 1 fully saturated rings. The molecule has 1 heterocycles. The van der Waals surface area contributed by atoms with Crippen LogP contribution in [0.25, 0.3) is 0 Å². The lowest BCUT2D eigenvalue weighted by Gasteiger charge is -2.22. The van der Waals surface area contributed by atoms with Gasteiger partial charge in [-0.3, -0.25) is 4.90 Å². The Morgan fingerprint density at radius 1 is 1.50 bits per heavy atom. The molecule has 6 heteroatoms. The number of rotatable bonds is 6. The Morgan fingerprint density at radius 3 is 3.00 bits per heavy atom. The Hall–Kier alpha value is -1.30. The minimum absolute atomic E-state index is 0.0569. The first-order valence-corrected chi connectivity index (χ1v) is 7.94. The SMILES string of the molecule is COCCN1CC[C@@H](NC(=O)N(C)Cc2ccccc2Cl)C1. The van der Waals surface area contributed by atoms with E-state index >= 15 is 0 Å². The standard InChI is InChI=1S/C16H24ClN3O2/c1-19(11-13-5-3-4-6-15(13)17)16(21)18-14-7-8-20(12-14)9-10-22-2/h3-6,14H,7-12H2,1-2H3,(H,18,21)/t14-/m1/s1. The third-order valence-electron chi connectivity index (χ3n) is 3.92. The Labute approximate surface area is 137 Å². The third-order valence-corrected chi connectivity index (χ3v) is 4.29. The topological polar surface area (TPSA) is 44.8 Å². The molecule has 1 atom stereocenters. The summed E-state index contributed by atoms with van der Waals surface area (Å²) in [6.07, 6.45) is 0.982. The van der Waals surface area contributed by atoms with Crippen molar-refractivity contribution in [2.45, 2.75) is 19.0 Å². The Bertz CT molecular complexity index is 498. The number of likely N-dealkylation sites (tertiary alicyclic amines) is 1. The first-order chi connectivity index (χ1) is 10.6. The van der Waals surface area contributed by atoms with Gasteiger partial charge >= 0.3 is 6.03 Å². The smallest absolute Gasteiger partial charge is 0.317 e. The van der Waals surface area contributed by atoms with Crippen LogP contribution < -0.4 is 5.32 Å². The van der Waals surface area contributed by atoms with Gasteiger partial charge in [-0.2, -0.15) is 0 Å². The van der Waals surface area contributed by atoms with Crippen LogP contribution in [0, 0.1) is 0 Å². The maximum absolute atomic E-state index is 12.3. The maximum atomic E-state index is 12.3. The highest BCUT2D eigenvalue weighted by Gasteiger charge is 2.24. The normalized spacial score (nSPS) is 18.4. The van der Waals surface area contributed by atoms with E-state index in [9.17, 15) is 4.79 Å². The number of carbonyl (C=O) groups is 1. The molecule has 0 bridgehead atoms. The van der Waals surface area contributed by atoms with Crippen LogP contribution >= 0.6 is 11.6 Å². The molecule has 1 aromatic carbocycles. The molecule has 2 rings (SSSR count). The van der Waals surface area contributed by atoms with Gasteiger partial charge in [0.2, 0.25) is 0 Å². The lowest BCUT2D eigenvalue weighted by molar-refractivity contribution is 0.159. The van der Waals surface area contributed by atoms with Gasteiger partial charge in [0.15, 0.2) is 0 Å². The fourth-order valence-corrected chi connectivity index (χ4v) is 2.81. The minimum atomic E-state index is -0.0569. The molecule has 0 saturated carbocycles. The van der Waals surface area contributed by atoms with Crippen LogP contribution in [0.15, 0.2) is 24.3 Å². The molecule has 1 aromatic rings. The minimum Gasteiger partial charge on any atom is -0.383 e. The number of amides is 2. The molecule has 1 N–H and O–H groups in total. The summed E-state index contributed by atoms with van der Waals surface area (Å²) in [5.74, 6) is 0. The van der Waals surface area contributed by atoms with E-state index < -0.39 is 0 Å². The largest absolute Gasteiger partial charge is 0.383 e. The second kappa shape index (κ2) is 8.36. The van der Waals surface area contributed by atoms with Crippen LogP contribution in [0.1, 0.15) is 12.0 Å². The highest BCUT2D eigenvalue weighted by Crippen LogP contribution is 2.16. The number of nitrogens with zero attached hydrogens (tertiary/aromatic N) is 2. The van der Waals surface area contributed by atoms with E-state index in [1.54, 1.807) is 19.1 Å². The van der Waals surface area contributed by atoms with E-state index in [2.05, 4.69) is 10.2 Å². The molecule has 1 aliphatic heterocycles. The van der Waals surface area contributed by atoms with E-state index in [0.29, 0.717) is 11.6 Å². The molecule has 5 nitrogen and oxygen atoms in total. The van der Waals surface area contributed by atoms with Crippen molar-refractivity contribution in [3.05, 3.63) is 34.9 Å². The number of hydrogen-bond donors (Lipinski definition) is 1. The number of halogens is 1. The summed E-state index contributed by atoms with van der Waals surface area (Å²) in [4.78, 5) is 16.2. The maximum Gasteiger partial charge on any atom is 0.317 e. The number of carbonyl (C=O) groups excluding carboxylic acids is 1. The number of ether oxygens (including phenoxy) is 1. The Balaban J connectivity index is 1.79. The fourth-order valence-electron chi connectivity index (χ4n) is 2.61. The van der Waals surface area contributed by atoms with Crippen molar-refractivity contribution in [3.63, 3.8) is 0 Å². The molecule has 1 aliphatic rings. The predicted molar refractivity (Wildman–Crippen MR) is 88.2 cm³/mol. The summed E-state index contributed by atoms with van der Waals surface area (Å²) in [6, 6.07) is 7.74. The number of hydrogen-bond acceptors (Lipinski definition) is 3. The number of methoxy groups -OCH3 is 1. The van der Waals surface area contributed by atoms with Gasteiger partial charge in [-0.1, -0.05) is 29.8 Å². The molecule has 0 radical (unpaired) electrons. The van der Waals surface area contributed by atoms with Crippen molar-refractivity contribution in [1.82, 2.24) is 15.1 Å². The van der Waals surface area contributed by atoms with Crippen molar-refractivity contribution < 1.29 is 9.53 Å². The summed E-state index contributed by atoms with van der Waals surface area (Å²) >= 11 is 6.13. The zero-order chi connectivity index (χ0) is 15.9. The van der Waals surface area contributed by atoms with Crippen LogP contribution in [0.4, 0.5) is 4.79 Å². The van der Waals surface area contributed by atoms with E-state index in [4.69, 9.17) is 16.3 Å². The van der Waals surface area contributed by atoms with Crippen LogP contribution in [-0.2, 0) is 11.3 Å². The van der Waals surface area contributed by atoms with Crippen molar-refractivity contribution in [1.29, 1.82) is 0 Å². The first-order valence-electron chi connectivity index (χ1n) is 7.56. The molecule has 0 aromatic heterocycles. The van der Waals surface area contributed by atoms with Crippen LogP contribution in [0.2, 0.25) is 5.02 Å². The monoisotopic (exact) mass is 325 g/mol. The van der Waals surface area contributed by atoms with Crippen molar-refractivity contribution in [2.75, 3.05) is 40.4 Å².